The first-order valence-corrected chi connectivity index (χ1v) is 5.96. The highest BCUT2D eigenvalue weighted by Gasteiger charge is 2.40. The fourth-order valence-electron chi connectivity index (χ4n) is 2.32. The SMILES string of the molecule is OC1CCOC2COC(c3ccccc3)OC12. The van der Waals surface area contributed by atoms with Gasteiger partial charge in [-0.25, -0.2) is 0 Å². The Bertz CT molecular complexity index is 367. The van der Waals surface area contributed by atoms with E-state index in [-0.39, 0.29) is 12.2 Å². The second-order valence-corrected chi connectivity index (χ2v) is 4.44. The van der Waals surface area contributed by atoms with Crippen molar-refractivity contribution in [2.45, 2.75) is 31.0 Å². The number of rotatable bonds is 1. The first-order valence-electron chi connectivity index (χ1n) is 5.96. The smallest absolute Gasteiger partial charge is 0.184 e. The van der Waals surface area contributed by atoms with Crippen LogP contribution in [0.1, 0.15) is 18.3 Å². The van der Waals surface area contributed by atoms with E-state index in [0.717, 1.165) is 5.56 Å². The molecule has 0 radical (unpaired) electrons. The van der Waals surface area contributed by atoms with Crippen molar-refractivity contribution in [2.75, 3.05) is 13.2 Å². The van der Waals surface area contributed by atoms with Crippen molar-refractivity contribution in [2.24, 2.45) is 0 Å². The van der Waals surface area contributed by atoms with Crippen LogP contribution < -0.4 is 0 Å². The number of hydrogen-bond acceptors (Lipinski definition) is 4. The van der Waals surface area contributed by atoms with Gasteiger partial charge in [0.05, 0.1) is 12.7 Å². The van der Waals surface area contributed by atoms with Crippen LogP contribution in [0.5, 0.6) is 0 Å². The Balaban J connectivity index is 1.74. The van der Waals surface area contributed by atoms with E-state index in [2.05, 4.69) is 0 Å². The molecule has 0 bridgehead atoms. The predicted octanol–water partition coefficient (Wildman–Crippen LogP) is 1.25. The van der Waals surface area contributed by atoms with E-state index in [0.29, 0.717) is 19.6 Å². The number of benzene rings is 1. The molecule has 0 amide bonds. The van der Waals surface area contributed by atoms with Crippen LogP contribution in [0.15, 0.2) is 30.3 Å². The van der Waals surface area contributed by atoms with Crippen molar-refractivity contribution in [1.29, 1.82) is 0 Å². The topological polar surface area (TPSA) is 47.9 Å². The lowest BCUT2D eigenvalue weighted by Crippen LogP contribution is -2.52. The fourth-order valence-corrected chi connectivity index (χ4v) is 2.32. The van der Waals surface area contributed by atoms with Crippen LogP contribution in [0, 0.1) is 0 Å². The largest absolute Gasteiger partial charge is 0.390 e. The highest BCUT2D eigenvalue weighted by atomic mass is 16.7. The van der Waals surface area contributed by atoms with Crippen molar-refractivity contribution in [3.05, 3.63) is 35.9 Å². The summed E-state index contributed by atoms with van der Waals surface area (Å²) in [5, 5.41) is 9.91. The van der Waals surface area contributed by atoms with Gasteiger partial charge in [0.1, 0.15) is 12.2 Å². The minimum Gasteiger partial charge on any atom is -0.390 e. The van der Waals surface area contributed by atoms with Crippen molar-refractivity contribution < 1.29 is 19.3 Å². The van der Waals surface area contributed by atoms with Gasteiger partial charge in [0.15, 0.2) is 6.29 Å². The van der Waals surface area contributed by atoms with Crippen molar-refractivity contribution in [3.63, 3.8) is 0 Å². The Morgan fingerprint density at radius 1 is 1.12 bits per heavy atom. The third-order valence-corrected chi connectivity index (χ3v) is 3.26. The molecule has 2 saturated heterocycles. The molecule has 2 fully saturated rings. The van der Waals surface area contributed by atoms with E-state index in [9.17, 15) is 5.11 Å². The Morgan fingerprint density at radius 2 is 1.94 bits per heavy atom. The molecule has 0 aliphatic carbocycles. The van der Waals surface area contributed by atoms with Gasteiger partial charge >= 0.3 is 0 Å². The maximum Gasteiger partial charge on any atom is 0.184 e. The van der Waals surface area contributed by atoms with Gasteiger partial charge in [-0.3, -0.25) is 0 Å². The molecule has 2 aliphatic rings. The number of aliphatic hydroxyl groups is 1. The van der Waals surface area contributed by atoms with E-state index < -0.39 is 12.4 Å². The van der Waals surface area contributed by atoms with E-state index in [1.54, 1.807) is 0 Å². The summed E-state index contributed by atoms with van der Waals surface area (Å²) < 4.78 is 16.9. The van der Waals surface area contributed by atoms with E-state index in [4.69, 9.17) is 14.2 Å². The van der Waals surface area contributed by atoms with E-state index in [1.165, 1.54) is 0 Å². The predicted molar refractivity (Wildman–Crippen MR) is 60.4 cm³/mol. The molecule has 1 aromatic rings. The zero-order chi connectivity index (χ0) is 11.7. The first kappa shape index (κ1) is 11.2. The Kier molecular flexibility index (Phi) is 3.11. The maximum atomic E-state index is 9.91. The van der Waals surface area contributed by atoms with Crippen LogP contribution >= 0.6 is 0 Å². The van der Waals surface area contributed by atoms with Gasteiger partial charge in [-0.15, -0.1) is 0 Å². The van der Waals surface area contributed by atoms with Gasteiger partial charge in [0.2, 0.25) is 0 Å². The molecule has 2 aliphatic heterocycles. The molecule has 4 unspecified atom stereocenters. The molecule has 4 heteroatoms. The average molecular weight is 236 g/mol. The van der Waals surface area contributed by atoms with Crippen LogP contribution in [0.4, 0.5) is 0 Å². The van der Waals surface area contributed by atoms with Gasteiger partial charge < -0.3 is 19.3 Å². The number of aliphatic hydroxyl groups excluding tert-OH is 1. The lowest BCUT2D eigenvalue weighted by atomic mass is 10.0. The summed E-state index contributed by atoms with van der Waals surface area (Å²) >= 11 is 0. The molecule has 17 heavy (non-hydrogen) atoms. The van der Waals surface area contributed by atoms with Gasteiger partial charge in [-0.2, -0.15) is 0 Å². The second kappa shape index (κ2) is 4.74. The third kappa shape index (κ3) is 2.21. The number of ether oxygens (including phenoxy) is 3. The molecule has 4 nitrogen and oxygen atoms in total. The third-order valence-electron chi connectivity index (χ3n) is 3.26. The number of fused-ring (bicyclic) bond motifs is 1. The monoisotopic (exact) mass is 236 g/mol. The van der Waals surface area contributed by atoms with Crippen molar-refractivity contribution in [1.82, 2.24) is 0 Å². The quantitative estimate of drug-likeness (QED) is 0.797. The summed E-state index contributed by atoms with van der Waals surface area (Å²) in [6.07, 6.45) is -0.637. The summed E-state index contributed by atoms with van der Waals surface area (Å²) in [7, 11) is 0. The zero-order valence-corrected chi connectivity index (χ0v) is 9.49. The van der Waals surface area contributed by atoms with Gasteiger partial charge in [0, 0.05) is 12.2 Å². The van der Waals surface area contributed by atoms with E-state index in [1.807, 2.05) is 30.3 Å². The molecular formula is C13H16O4. The average Bonchev–Trinajstić information content (AvgIpc) is 2.40. The summed E-state index contributed by atoms with van der Waals surface area (Å²) in [6, 6.07) is 9.76. The summed E-state index contributed by atoms with van der Waals surface area (Å²) in [6.45, 7) is 1.05. The first-order chi connectivity index (χ1) is 8.34. The standard InChI is InChI=1S/C13H16O4/c14-10-6-7-15-11-8-16-13(17-12(10)11)9-4-2-1-3-5-9/h1-5,10-14H,6-8H2. The Morgan fingerprint density at radius 3 is 2.76 bits per heavy atom. The lowest BCUT2D eigenvalue weighted by molar-refractivity contribution is -0.298. The van der Waals surface area contributed by atoms with Gasteiger partial charge in [-0.1, -0.05) is 30.3 Å². The molecule has 3 rings (SSSR count). The lowest BCUT2D eigenvalue weighted by Gasteiger charge is -2.41. The fraction of sp³-hybridized carbons (Fsp3) is 0.538. The molecule has 0 aromatic heterocycles. The highest BCUT2D eigenvalue weighted by Crippen LogP contribution is 2.31. The van der Waals surface area contributed by atoms with Crippen molar-refractivity contribution >= 4 is 0 Å². The normalized spacial score (nSPS) is 37.5. The van der Waals surface area contributed by atoms with E-state index >= 15 is 0 Å². The Hall–Kier alpha value is -0.940. The highest BCUT2D eigenvalue weighted by molar-refractivity contribution is 5.16. The second-order valence-electron chi connectivity index (χ2n) is 4.44. The van der Waals surface area contributed by atoms with Crippen LogP contribution in [0.3, 0.4) is 0 Å². The number of hydrogen-bond donors (Lipinski definition) is 1. The molecule has 1 N–H and O–H groups in total. The molecule has 2 heterocycles. The summed E-state index contributed by atoms with van der Waals surface area (Å²) in [5.74, 6) is 0. The molecule has 0 saturated carbocycles. The van der Waals surface area contributed by atoms with Crippen LogP contribution in [0.2, 0.25) is 0 Å². The van der Waals surface area contributed by atoms with Crippen LogP contribution in [-0.4, -0.2) is 36.6 Å². The molecule has 92 valence electrons. The summed E-state index contributed by atoms with van der Waals surface area (Å²) in [4.78, 5) is 0. The van der Waals surface area contributed by atoms with Gasteiger partial charge in [0.25, 0.3) is 0 Å². The van der Waals surface area contributed by atoms with Gasteiger partial charge in [-0.05, 0) is 6.42 Å². The molecule has 0 spiro atoms. The van der Waals surface area contributed by atoms with Crippen LogP contribution in [-0.2, 0) is 14.2 Å². The van der Waals surface area contributed by atoms with Crippen LogP contribution in [0.25, 0.3) is 0 Å². The molecular weight excluding hydrogens is 220 g/mol. The zero-order valence-electron chi connectivity index (χ0n) is 9.49. The minimum absolute atomic E-state index is 0.140. The van der Waals surface area contributed by atoms with Crippen molar-refractivity contribution in [3.8, 4) is 0 Å². The molecule has 4 atom stereocenters. The Labute approximate surface area is 100 Å². The molecule has 1 aromatic carbocycles. The summed E-state index contributed by atoms with van der Waals surface area (Å²) in [5.41, 5.74) is 0.976. The maximum absolute atomic E-state index is 9.91. The minimum atomic E-state index is -0.455.